The van der Waals surface area contributed by atoms with Crippen LogP contribution in [0.4, 0.5) is 22.0 Å². The van der Waals surface area contributed by atoms with Gasteiger partial charge < -0.3 is 4.74 Å². The lowest BCUT2D eigenvalue weighted by atomic mass is 9.77. The molecule has 0 saturated heterocycles. The summed E-state index contributed by atoms with van der Waals surface area (Å²) in [6, 6.07) is 9.83. The second kappa shape index (κ2) is 10.3. The van der Waals surface area contributed by atoms with Gasteiger partial charge in [-0.3, -0.25) is 0 Å². The Morgan fingerprint density at radius 2 is 1.58 bits per heavy atom. The minimum absolute atomic E-state index is 0.0718. The van der Waals surface area contributed by atoms with Crippen LogP contribution in [0.15, 0.2) is 42.5 Å². The Labute approximate surface area is 179 Å². The summed E-state index contributed by atoms with van der Waals surface area (Å²) in [5.74, 6) is -0.861. The van der Waals surface area contributed by atoms with Crippen molar-refractivity contribution < 1.29 is 26.7 Å². The van der Waals surface area contributed by atoms with E-state index in [0.717, 1.165) is 23.6 Å². The molecule has 1 fully saturated rings. The van der Waals surface area contributed by atoms with Crippen LogP contribution in [0.25, 0.3) is 6.08 Å². The van der Waals surface area contributed by atoms with E-state index in [1.54, 1.807) is 0 Å². The van der Waals surface area contributed by atoms with Crippen molar-refractivity contribution in [2.24, 2.45) is 5.92 Å². The van der Waals surface area contributed by atoms with E-state index in [0.29, 0.717) is 12.0 Å². The molecule has 0 spiro atoms. The molecule has 1 aliphatic rings. The van der Waals surface area contributed by atoms with Crippen LogP contribution in [0.2, 0.25) is 0 Å². The summed E-state index contributed by atoms with van der Waals surface area (Å²) in [7, 11) is 0. The van der Waals surface area contributed by atoms with Crippen molar-refractivity contribution in [2.45, 2.75) is 64.1 Å². The standard InChI is InChI=1S/C25H27F5O/c1-2-3-17-4-8-19(9-5-17)20-10-6-18(7-11-20)16-31-21-14-23(26)22(24(27)15-21)12-13-25(28,29)30/h6-7,10-15,17,19H,2-5,8-9,16H2,1H3/b13-12+. The predicted molar refractivity (Wildman–Crippen MR) is 112 cm³/mol. The summed E-state index contributed by atoms with van der Waals surface area (Å²) in [6.45, 7) is 2.34. The van der Waals surface area contributed by atoms with Crippen LogP contribution in [-0.4, -0.2) is 6.18 Å². The number of hydrogen-bond donors (Lipinski definition) is 0. The highest BCUT2D eigenvalue weighted by atomic mass is 19.4. The maximum Gasteiger partial charge on any atom is 0.409 e. The zero-order valence-corrected chi connectivity index (χ0v) is 17.5. The second-order valence-corrected chi connectivity index (χ2v) is 8.21. The minimum atomic E-state index is -4.64. The topological polar surface area (TPSA) is 9.23 Å². The molecular weight excluding hydrogens is 411 g/mol. The van der Waals surface area contributed by atoms with Gasteiger partial charge in [-0.15, -0.1) is 0 Å². The third-order valence-electron chi connectivity index (χ3n) is 5.89. The van der Waals surface area contributed by atoms with Gasteiger partial charge in [0.25, 0.3) is 0 Å². The van der Waals surface area contributed by atoms with Crippen molar-refractivity contribution in [3.63, 3.8) is 0 Å². The normalized spacial score (nSPS) is 19.7. The number of benzene rings is 2. The van der Waals surface area contributed by atoms with Crippen LogP contribution in [0.3, 0.4) is 0 Å². The van der Waals surface area contributed by atoms with Crippen LogP contribution in [0.5, 0.6) is 5.75 Å². The molecule has 6 heteroatoms. The maximum absolute atomic E-state index is 14.0. The van der Waals surface area contributed by atoms with E-state index in [-0.39, 0.29) is 18.4 Å². The van der Waals surface area contributed by atoms with E-state index < -0.39 is 23.4 Å². The Balaban J connectivity index is 1.57. The second-order valence-electron chi connectivity index (χ2n) is 8.21. The number of rotatable bonds is 7. The van der Waals surface area contributed by atoms with Crippen molar-refractivity contribution in [2.75, 3.05) is 0 Å². The number of ether oxygens (including phenoxy) is 1. The van der Waals surface area contributed by atoms with Gasteiger partial charge in [-0.05, 0) is 54.7 Å². The lowest BCUT2D eigenvalue weighted by molar-refractivity contribution is -0.0790. The SMILES string of the molecule is CCCC1CCC(c2ccc(COc3cc(F)c(/C=C/C(F)(F)F)c(F)c3)cc2)CC1. The molecule has 1 nitrogen and oxygen atoms in total. The molecule has 0 unspecified atom stereocenters. The zero-order chi connectivity index (χ0) is 22.4. The van der Waals surface area contributed by atoms with Gasteiger partial charge in [0, 0.05) is 23.8 Å². The Bertz CT molecular complexity index is 855. The fourth-order valence-corrected chi connectivity index (χ4v) is 4.23. The Morgan fingerprint density at radius 3 is 2.13 bits per heavy atom. The van der Waals surface area contributed by atoms with Gasteiger partial charge in [-0.2, -0.15) is 13.2 Å². The number of hydrogen-bond acceptors (Lipinski definition) is 1. The lowest BCUT2D eigenvalue weighted by Gasteiger charge is -2.28. The summed E-state index contributed by atoms with van der Waals surface area (Å²) in [5, 5.41) is 0. The molecule has 2 aromatic rings. The quantitative estimate of drug-likeness (QED) is 0.396. The molecule has 0 aromatic heterocycles. The fraction of sp³-hybridized carbons (Fsp3) is 0.440. The molecular formula is C25H27F5O. The smallest absolute Gasteiger partial charge is 0.409 e. The fourth-order valence-electron chi connectivity index (χ4n) is 4.23. The Morgan fingerprint density at radius 1 is 0.968 bits per heavy atom. The van der Waals surface area contributed by atoms with Crippen LogP contribution in [-0.2, 0) is 6.61 Å². The van der Waals surface area contributed by atoms with Crippen LogP contribution >= 0.6 is 0 Å². The molecule has 0 radical (unpaired) electrons. The number of allylic oxidation sites excluding steroid dienone is 1. The van der Waals surface area contributed by atoms with Gasteiger partial charge in [-0.25, -0.2) is 8.78 Å². The van der Waals surface area contributed by atoms with Crippen LogP contribution < -0.4 is 4.74 Å². The van der Waals surface area contributed by atoms with Crippen molar-refractivity contribution >= 4 is 6.08 Å². The van der Waals surface area contributed by atoms with Gasteiger partial charge in [-0.1, -0.05) is 44.0 Å². The highest BCUT2D eigenvalue weighted by Gasteiger charge is 2.23. The van der Waals surface area contributed by atoms with Crippen molar-refractivity contribution in [3.05, 3.63) is 70.8 Å². The van der Waals surface area contributed by atoms with Crippen LogP contribution in [0, 0.1) is 17.6 Å². The highest BCUT2D eigenvalue weighted by Crippen LogP contribution is 2.37. The molecule has 0 atom stereocenters. The molecule has 31 heavy (non-hydrogen) atoms. The first-order valence-electron chi connectivity index (χ1n) is 10.7. The van der Waals surface area contributed by atoms with E-state index in [9.17, 15) is 22.0 Å². The first-order chi connectivity index (χ1) is 14.7. The maximum atomic E-state index is 14.0. The minimum Gasteiger partial charge on any atom is -0.489 e. The molecule has 168 valence electrons. The average Bonchev–Trinajstić information content (AvgIpc) is 2.72. The first-order valence-corrected chi connectivity index (χ1v) is 10.7. The third-order valence-corrected chi connectivity index (χ3v) is 5.89. The van der Waals surface area contributed by atoms with Gasteiger partial charge in [0.2, 0.25) is 0 Å². The summed E-state index contributed by atoms with van der Waals surface area (Å²) in [4.78, 5) is 0. The van der Waals surface area contributed by atoms with E-state index in [2.05, 4.69) is 19.1 Å². The third kappa shape index (κ3) is 6.81. The Hall–Kier alpha value is -2.37. The first kappa shape index (κ1) is 23.3. The molecule has 0 heterocycles. The molecule has 0 bridgehead atoms. The number of alkyl halides is 3. The largest absolute Gasteiger partial charge is 0.489 e. The Kier molecular flexibility index (Phi) is 7.74. The summed E-state index contributed by atoms with van der Waals surface area (Å²) >= 11 is 0. The van der Waals surface area contributed by atoms with Gasteiger partial charge in [0.1, 0.15) is 24.0 Å². The molecule has 1 aliphatic carbocycles. The zero-order valence-electron chi connectivity index (χ0n) is 17.5. The molecule has 0 N–H and O–H groups in total. The monoisotopic (exact) mass is 438 g/mol. The molecule has 0 amide bonds. The van der Waals surface area contributed by atoms with Crippen molar-refractivity contribution in [1.29, 1.82) is 0 Å². The highest BCUT2D eigenvalue weighted by molar-refractivity contribution is 5.53. The number of halogens is 5. The van der Waals surface area contributed by atoms with Crippen molar-refractivity contribution in [1.82, 2.24) is 0 Å². The van der Waals surface area contributed by atoms with E-state index in [4.69, 9.17) is 4.74 Å². The summed E-state index contributed by atoms with van der Waals surface area (Å²) in [5.41, 5.74) is 1.41. The summed E-state index contributed by atoms with van der Waals surface area (Å²) < 4.78 is 70.2. The van der Waals surface area contributed by atoms with E-state index >= 15 is 0 Å². The summed E-state index contributed by atoms with van der Waals surface area (Å²) in [6.07, 6.45) is 3.03. The predicted octanol–water partition coefficient (Wildman–Crippen LogP) is 8.19. The lowest BCUT2D eigenvalue weighted by Crippen LogP contribution is -2.13. The van der Waals surface area contributed by atoms with Crippen molar-refractivity contribution in [3.8, 4) is 5.75 Å². The van der Waals surface area contributed by atoms with E-state index in [1.807, 2.05) is 12.1 Å². The van der Waals surface area contributed by atoms with Gasteiger partial charge >= 0.3 is 6.18 Å². The van der Waals surface area contributed by atoms with Gasteiger partial charge in [0.05, 0.1) is 0 Å². The molecule has 0 aliphatic heterocycles. The van der Waals surface area contributed by atoms with Gasteiger partial charge in [0.15, 0.2) is 0 Å². The van der Waals surface area contributed by atoms with Crippen LogP contribution in [0.1, 0.15) is 68.1 Å². The molecule has 2 aromatic carbocycles. The average molecular weight is 438 g/mol. The molecule has 3 rings (SSSR count). The molecule has 1 saturated carbocycles. The van der Waals surface area contributed by atoms with E-state index in [1.165, 1.54) is 44.1 Å².